The van der Waals surface area contributed by atoms with Crippen LogP contribution < -0.4 is 10.2 Å². The van der Waals surface area contributed by atoms with E-state index in [1.807, 2.05) is 76.3 Å². The number of nitro groups is 1. The van der Waals surface area contributed by atoms with Gasteiger partial charge < -0.3 is 14.8 Å². The molecule has 4 rings (SSSR count). The standard InChI is InChI=1S/C24H25N7O2/c32-31(33)22-23(26-12-7-14-29-15-13-25-19-29)27-18-28-24(22)30(16-20-8-3-1-4-9-20)17-21-10-5-2-6-11-21/h1-6,8-11,13,15,18-19H,7,12,14,16-17H2,(H,26,27,28). The van der Waals surface area contributed by atoms with Crippen molar-refractivity contribution >= 4 is 17.3 Å². The van der Waals surface area contributed by atoms with Gasteiger partial charge in [-0.1, -0.05) is 60.7 Å². The number of imidazole rings is 1. The molecule has 0 bridgehead atoms. The Morgan fingerprint density at radius 1 is 0.970 bits per heavy atom. The van der Waals surface area contributed by atoms with Crippen LogP contribution in [0.1, 0.15) is 17.5 Å². The number of nitrogens with one attached hydrogen (secondary N) is 1. The summed E-state index contributed by atoms with van der Waals surface area (Å²) in [6.45, 7) is 2.25. The predicted octanol–water partition coefficient (Wildman–Crippen LogP) is 4.29. The third-order valence-electron chi connectivity index (χ3n) is 5.16. The molecule has 0 aliphatic heterocycles. The Hall–Kier alpha value is -4.27. The molecule has 0 fully saturated rings. The average Bonchev–Trinajstić information content (AvgIpc) is 3.36. The van der Waals surface area contributed by atoms with Crippen LogP contribution in [0.25, 0.3) is 0 Å². The first-order chi connectivity index (χ1) is 16.2. The molecule has 1 N–H and O–H groups in total. The summed E-state index contributed by atoms with van der Waals surface area (Å²) in [6, 6.07) is 19.7. The highest BCUT2D eigenvalue weighted by atomic mass is 16.6. The Morgan fingerprint density at radius 2 is 1.64 bits per heavy atom. The summed E-state index contributed by atoms with van der Waals surface area (Å²) in [4.78, 5) is 26.2. The van der Waals surface area contributed by atoms with Gasteiger partial charge in [0.1, 0.15) is 6.33 Å². The SMILES string of the molecule is O=[N+]([O-])c1c(NCCCn2ccnc2)ncnc1N(Cc1ccccc1)Cc1ccccc1. The summed E-state index contributed by atoms with van der Waals surface area (Å²) >= 11 is 0. The monoisotopic (exact) mass is 443 g/mol. The van der Waals surface area contributed by atoms with E-state index in [4.69, 9.17) is 0 Å². The number of hydrogen-bond acceptors (Lipinski definition) is 7. The minimum atomic E-state index is -0.406. The van der Waals surface area contributed by atoms with E-state index in [2.05, 4.69) is 20.3 Å². The van der Waals surface area contributed by atoms with Gasteiger partial charge in [-0.2, -0.15) is 0 Å². The Morgan fingerprint density at radius 3 is 2.21 bits per heavy atom. The maximum absolute atomic E-state index is 12.1. The minimum Gasteiger partial charge on any atom is -0.364 e. The molecule has 33 heavy (non-hydrogen) atoms. The van der Waals surface area contributed by atoms with E-state index in [-0.39, 0.29) is 11.5 Å². The molecule has 0 atom stereocenters. The topological polar surface area (TPSA) is 102 Å². The molecule has 0 amide bonds. The number of hydrogen-bond donors (Lipinski definition) is 1. The summed E-state index contributed by atoms with van der Waals surface area (Å²) in [5, 5.41) is 15.2. The van der Waals surface area contributed by atoms with Gasteiger partial charge in [0.25, 0.3) is 0 Å². The van der Waals surface area contributed by atoms with Gasteiger partial charge >= 0.3 is 5.69 Å². The van der Waals surface area contributed by atoms with Crippen LogP contribution in [-0.4, -0.2) is 31.0 Å². The molecule has 168 valence electrons. The Kier molecular flexibility index (Phi) is 7.22. The van der Waals surface area contributed by atoms with Crippen molar-refractivity contribution in [1.82, 2.24) is 19.5 Å². The second-order valence-corrected chi connectivity index (χ2v) is 7.56. The van der Waals surface area contributed by atoms with Crippen molar-refractivity contribution in [2.45, 2.75) is 26.1 Å². The largest absolute Gasteiger partial charge is 0.364 e. The molecule has 2 aromatic heterocycles. The van der Waals surface area contributed by atoms with Gasteiger partial charge in [0.15, 0.2) is 0 Å². The number of rotatable bonds is 11. The molecule has 9 nitrogen and oxygen atoms in total. The molecule has 9 heteroatoms. The number of benzene rings is 2. The lowest BCUT2D eigenvalue weighted by atomic mass is 10.1. The number of aryl methyl sites for hydroxylation is 1. The molecule has 2 aromatic carbocycles. The number of nitrogens with zero attached hydrogens (tertiary/aromatic N) is 6. The van der Waals surface area contributed by atoms with E-state index in [1.54, 1.807) is 12.5 Å². The van der Waals surface area contributed by atoms with Gasteiger partial charge in [0.05, 0.1) is 11.3 Å². The van der Waals surface area contributed by atoms with E-state index >= 15 is 0 Å². The first-order valence-corrected chi connectivity index (χ1v) is 10.7. The van der Waals surface area contributed by atoms with Crippen LogP contribution >= 0.6 is 0 Å². The minimum absolute atomic E-state index is 0.119. The third kappa shape index (κ3) is 5.91. The maximum atomic E-state index is 12.1. The molecular weight excluding hydrogens is 418 g/mol. The highest BCUT2D eigenvalue weighted by Gasteiger charge is 2.27. The Labute approximate surface area is 191 Å². The maximum Gasteiger partial charge on any atom is 0.353 e. The van der Waals surface area contributed by atoms with Crippen LogP contribution in [0.15, 0.2) is 85.7 Å². The van der Waals surface area contributed by atoms with E-state index in [0.717, 1.165) is 24.1 Å². The smallest absolute Gasteiger partial charge is 0.353 e. The van der Waals surface area contributed by atoms with Gasteiger partial charge in [-0.05, 0) is 17.5 Å². The lowest BCUT2D eigenvalue weighted by Crippen LogP contribution is -2.25. The van der Waals surface area contributed by atoms with Crippen molar-refractivity contribution < 1.29 is 4.92 Å². The zero-order chi connectivity index (χ0) is 22.9. The predicted molar refractivity (Wildman–Crippen MR) is 127 cm³/mol. The Balaban J connectivity index is 1.59. The van der Waals surface area contributed by atoms with Crippen LogP contribution in [0, 0.1) is 10.1 Å². The molecule has 0 saturated heterocycles. The molecule has 0 saturated carbocycles. The van der Waals surface area contributed by atoms with Gasteiger partial charge in [0.2, 0.25) is 11.6 Å². The molecular formula is C24H25N7O2. The summed E-state index contributed by atoms with van der Waals surface area (Å²) in [7, 11) is 0. The van der Waals surface area contributed by atoms with E-state index < -0.39 is 4.92 Å². The van der Waals surface area contributed by atoms with Gasteiger partial charge in [-0.3, -0.25) is 10.1 Å². The zero-order valence-corrected chi connectivity index (χ0v) is 18.1. The quantitative estimate of drug-likeness (QED) is 0.210. The fraction of sp³-hybridized carbons (Fsp3) is 0.208. The highest BCUT2D eigenvalue weighted by Crippen LogP contribution is 2.33. The first-order valence-electron chi connectivity index (χ1n) is 10.7. The number of aromatic nitrogens is 4. The van der Waals surface area contributed by atoms with Crippen LogP contribution in [0.2, 0.25) is 0 Å². The lowest BCUT2D eigenvalue weighted by molar-refractivity contribution is -0.383. The molecule has 2 heterocycles. The van der Waals surface area contributed by atoms with Crippen molar-refractivity contribution in [2.24, 2.45) is 0 Å². The van der Waals surface area contributed by atoms with Gasteiger partial charge in [0, 0.05) is 38.6 Å². The normalized spacial score (nSPS) is 10.7. The van der Waals surface area contributed by atoms with Crippen molar-refractivity contribution in [3.05, 3.63) is 107 Å². The van der Waals surface area contributed by atoms with Crippen molar-refractivity contribution in [1.29, 1.82) is 0 Å². The van der Waals surface area contributed by atoms with Crippen LogP contribution in [0.3, 0.4) is 0 Å². The summed E-state index contributed by atoms with van der Waals surface area (Å²) in [5.41, 5.74) is 1.96. The van der Waals surface area contributed by atoms with Crippen molar-refractivity contribution in [3.8, 4) is 0 Å². The third-order valence-corrected chi connectivity index (χ3v) is 5.16. The van der Waals surface area contributed by atoms with Crippen LogP contribution in [0.5, 0.6) is 0 Å². The molecule has 0 aliphatic carbocycles. The first kappa shape index (κ1) is 21.9. The lowest BCUT2D eigenvalue weighted by Gasteiger charge is -2.24. The zero-order valence-electron chi connectivity index (χ0n) is 18.1. The van der Waals surface area contributed by atoms with Gasteiger partial charge in [-0.25, -0.2) is 15.0 Å². The van der Waals surface area contributed by atoms with Crippen molar-refractivity contribution in [2.75, 3.05) is 16.8 Å². The molecule has 0 radical (unpaired) electrons. The van der Waals surface area contributed by atoms with E-state index in [0.29, 0.717) is 25.5 Å². The highest BCUT2D eigenvalue weighted by molar-refractivity contribution is 5.70. The summed E-state index contributed by atoms with van der Waals surface area (Å²) < 4.78 is 1.96. The molecule has 0 unspecified atom stereocenters. The Bertz CT molecular complexity index is 1110. The summed E-state index contributed by atoms with van der Waals surface area (Å²) in [5.74, 6) is 0.515. The van der Waals surface area contributed by atoms with E-state index in [9.17, 15) is 10.1 Å². The van der Waals surface area contributed by atoms with Crippen molar-refractivity contribution in [3.63, 3.8) is 0 Å². The fourth-order valence-electron chi connectivity index (χ4n) is 3.60. The van der Waals surface area contributed by atoms with E-state index in [1.165, 1.54) is 6.33 Å². The molecule has 0 aliphatic rings. The second-order valence-electron chi connectivity index (χ2n) is 7.56. The van der Waals surface area contributed by atoms with Gasteiger partial charge in [-0.15, -0.1) is 0 Å². The summed E-state index contributed by atoms with van der Waals surface area (Å²) in [6.07, 6.45) is 7.50. The molecule has 4 aromatic rings. The molecule has 0 spiro atoms. The second kappa shape index (κ2) is 10.9. The average molecular weight is 444 g/mol. The fourth-order valence-corrected chi connectivity index (χ4v) is 3.60. The number of anilines is 2. The van der Waals surface area contributed by atoms with Crippen LogP contribution in [0.4, 0.5) is 17.3 Å². The van der Waals surface area contributed by atoms with Crippen LogP contribution in [-0.2, 0) is 19.6 Å².